The molecule has 2 N–H and O–H groups in total. The van der Waals surface area contributed by atoms with Crippen molar-refractivity contribution >= 4 is 16.9 Å². The summed E-state index contributed by atoms with van der Waals surface area (Å²) in [5.41, 5.74) is 1.18. The van der Waals surface area contributed by atoms with Gasteiger partial charge in [0.05, 0.1) is 25.3 Å². The summed E-state index contributed by atoms with van der Waals surface area (Å²) in [6.07, 6.45) is 0. The van der Waals surface area contributed by atoms with Crippen LogP contribution in [0.5, 0.6) is 11.5 Å². The molecule has 8 heteroatoms. The zero-order valence-electron chi connectivity index (χ0n) is 14.3. The first-order chi connectivity index (χ1) is 12.5. The van der Waals surface area contributed by atoms with Crippen LogP contribution in [0.4, 0.5) is 4.39 Å². The number of aromatic amines is 1. The van der Waals surface area contributed by atoms with Crippen LogP contribution in [-0.2, 0) is 17.9 Å². The van der Waals surface area contributed by atoms with E-state index in [-0.39, 0.29) is 19.0 Å². The fraction of sp³-hybridized carbons (Fsp3) is 0.222. The Balaban J connectivity index is 1.70. The van der Waals surface area contributed by atoms with Crippen LogP contribution < -0.4 is 20.5 Å². The number of hydrogen-bond acceptors (Lipinski definition) is 4. The molecule has 0 aliphatic rings. The molecule has 0 saturated heterocycles. The molecule has 0 atom stereocenters. The molecule has 3 aromatic rings. The summed E-state index contributed by atoms with van der Waals surface area (Å²) in [4.78, 5) is 26.7. The Kier molecular flexibility index (Phi) is 4.92. The summed E-state index contributed by atoms with van der Waals surface area (Å²) in [5, 5.41) is 2.75. The van der Waals surface area contributed by atoms with Crippen LogP contribution in [0.2, 0.25) is 0 Å². The molecule has 1 heterocycles. The predicted octanol–water partition coefficient (Wildman–Crippen LogP) is 1.80. The topological polar surface area (TPSA) is 85.4 Å². The van der Waals surface area contributed by atoms with Crippen LogP contribution >= 0.6 is 0 Å². The van der Waals surface area contributed by atoms with Gasteiger partial charge in [-0.25, -0.2) is 9.18 Å². The first-order valence-corrected chi connectivity index (χ1v) is 7.87. The number of amides is 1. The molecule has 26 heavy (non-hydrogen) atoms. The summed E-state index contributed by atoms with van der Waals surface area (Å²) in [6.45, 7) is 0.0999. The Bertz CT molecular complexity index is 1010. The second-order valence-electron chi connectivity index (χ2n) is 5.64. The zero-order chi connectivity index (χ0) is 18.7. The molecular weight excluding hydrogens is 341 g/mol. The number of rotatable bonds is 6. The quantitative estimate of drug-likeness (QED) is 0.703. The molecule has 0 spiro atoms. The number of carbonyl (C=O) groups is 1. The Morgan fingerprint density at radius 2 is 1.92 bits per heavy atom. The van der Waals surface area contributed by atoms with E-state index in [0.29, 0.717) is 22.5 Å². The molecule has 3 rings (SSSR count). The number of hydrogen-bond donors (Lipinski definition) is 2. The number of nitrogens with one attached hydrogen (secondary N) is 2. The highest BCUT2D eigenvalue weighted by Crippen LogP contribution is 2.27. The fourth-order valence-electron chi connectivity index (χ4n) is 2.68. The molecule has 0 fully saturated rings. The van der Waals surface area contributed by atoms with Gasteiger partial charge in [-0.2, -0.15) is 0 Å². The summed E-state index contributed by atoms with van der Waals surface area (Å²) in [7, 11) is 3.08. The van der Waals surface area contributed by atoms with Gasteiger partial charge in [-0.3, -0.25) is 9.36 Å². The predicted molar refractivity (Wildman–Crippen MR) is 93.9 cm³/mol. The van der Waals surface area contributed by atoms with Crippen molar-refractivity contribution in [2.45, 2.75) is 13.1 Å². The Morgan fingerprint density at radius 1 is 1.15 bits per heavy atom. The highest BCUT2D eigenvalue weighted by Gasteiger charge is 2.12. The first-order valence-electron chi connectivity index (χ1n) is 7.87. The summed E-state index contributed by atoms with van der Waals surface area (Å²) in [6, 6.07) is 9.24. The van der Waals surface area contributed by atoms with Crippen molar-refractivity contribution in [2.75, 3.05) is 14.2 Å². The summed E-state index contributed by atoms with van der Waals surface area (Å²) >= 11 is 0. The zero-order valence-corrected chi connectivity index (χ0v) is 14.3. The van der Waals surface area contributed by atoms with Crippen LogP contribution in [0, 0.1) is 5.82 Å². The third kappa shape index (κ3) is 3.53. The molecule has 136 valence electrons. The van der Waals surface area contributed by atoms with Crippen LogP contribution in [-0.4, -0.2) is 29.7 Å². The van der Waals surface area contributed by atoms with Crippen molar-refractivity contribution in [3.63, 3.8) is 0 Å². The monoisotopic (exact) mass is 359 g/mol. The molecule has 2 aromatic carbocycles. The average Bonchev–Trinajstić information content (AvgIpc) is 2.94. The van der Waals surface area contributed by atoms with Crippen LogP contribution in [0.25, 0.3) is 11.0 Å². The highest BCUT2D eigenvalue weighted by molar-refractivity contribution is 5.80. The minimum absolute atomic E-state index is 0.169. The van der Waals surface area contributed by atoms with Gasteiger partial charge < -0.3 is 19.8 Å². The normalized spacial score (nSPS) is 10.7. The van der Waals surface area contributed by atoms with E-state index in [2.05, 4.69) is 10.3 Å². The molecule has 0 bridgehead atoms. The van der Waals surface area contributed by atoms with E-state index >= 15 is 0 Å². The lowest BCUT2D eigenvalue weighted by atomic mass is 10.2. The van der Waals surface area contributed by atoms with Gasteiger partial charge in [0, 0.05) is 6.54 Å². The number of imidazole rings is 1. The number of ether oxygens (including phenoxy) is 2. The lowest BCUT2D eigenvalue weighted by Gasteiger charge is -2.10. The van der Waals surface area contributed by atoms with Gasteiger partial charge >= 0.3 is 5.69 Å². The highest BCUT2D eigenvalue weighted by atomic mass is 19.1. The van der Waals surface area contributed by atoms with Crippen LogP contribution in [0.1, 0.15) is 5.56 Å². The number of methoxy groups -OCH3 is 2. The number of halogens is 1. The van der Waals surface area contributed by atoms with Crippen LogP contribution in [0.15, 0.2) is 41.2 Å². The molecule has 1 amide bonds. The summed E-state index contributed by atoms with van der Waals surface area (Å²) in [5.74, 6) is 0.366. The lowest BCUT2D eigenvalue weighted by Crippen LogP contribution is -2.31. The largest absolute Gasteiger partial charge is 0.493 e. The van der Waals surface area contributed by atoms with E-state index in [9.17, 15) is 14.0 Å². The minimum atomic E-state index is -0.466. The number of fused-ring (bicyclic) bond motifs is 1. The van der Waals surface area contributed by atoms with Crippen molar-refractivity contribution in [1.29, 1.82) is 0 Å². The smallest absolute Gasteiger partial charge is 0.326 e. The molecule has 0 saturated carbocycles. The lowest BCUT2D eigenvalue weighted by molar-refractivity contribution is -0.121. The Morgan fingerprint density at radius 3 is 2.65 bits per heavy atom. The molecule has 0 aliphatic heterocycles. The standard InChI is InChI=1S/C18H18FN3O4/c1-25-15-6-3-11(7-16(15)26-2)9-20-17(23)10-22-14-5-4-12(19)8-13(14)21-18(22)24/h3-8H,9-10H2,1-2H3,(H,20,23)(H,21,24). The van der Waals surface area contributed by atoms with Crippen molar-refractivity contribution in [3.05, 3.63) is 58.3 Å². The molecule has 0 aliphatic carbocycles. The third-order valence-corrected chi connectivity index (χ3v) is 3.98. The van der Waals surface area contributed by atoms with Gasteiger partial charge in [-0.15, -0.1) is 0 Å². The van der Waals surface area contributed by atoms with Crippen molar-refractivity contribution in [1.82, 2.24) is 14.9 Å². The van der Waals surface area contributed by atoms with E-state index in [0.717, 1.165) is 5.56 Å². The van der Waals surface area contributed by atoms with E-state index < -0.39 is 11.5 Å². The van der Waals surface area contributed by atoms with Crippen molar-refractivity contribution in [2.24, 2.45) is 0 Å². The molecule has 0 radical (unpaired) electrons. The van der Waals surface area contributed by atoms with Gasteiger partial charge in [0.2, 0.25) is 5.91 Å². The summed E-state index contributed by atoms with van der Waals surface area (Å²) < 4.78 is 24.9. The maximum atomic E-state index is 13.2. The Labute approximate surface area is 148 Å². The van der Waals surface area contributed by atoms with Gasteiger partial charge in [-0.1, -0.05) is 6.07 Å². The van der Waals surface area contributed by atoms with E-state index in [1.807, 2.05) is 6.07 Å². The number of nitrogens with zero attached hydrogens (tertiary/aromatic N) is 1. The third-order valence-electron chi connectivity index (χ3n) is 3.98. The number of H-pyrrole nitrogens is 1. The van der Waals surface area contributed by atoms with E-state index in [4.69, 9.17) is 9.47 Å². The fourth-order valence-corrected chi connectivity index (χ4v) is 2.68. The first kappa shape index (κ1) is 17.5. The van der Waals surface area contributed by atoms with Gasteiger partial charge in [-0.05, 0) is 35.9 Å². The number of benzene rings is 2. The van der Waals surface area contributed by atoms with E-state index in [1.54, 1.807) is 19.2 Å². The second-order valence-corrected chi connectivity index (χ2v) is 5.64. The van der Waals surface area contributed by atoms with Crippen LogP contribution in [0.3, 0.4) is 0 Å². The second kappa shape index (κ2) is 7.30. The Hall–Kier alpha value is -3.29. The molecule has 0 unspecified atom stereocenters. The maximum absolute atomic E-state index is 13.2. The average molecular weight is 359 g/mol. The van der Waals surface area contributed by atoms with Gasteiger partial charge in [0.1, 0.15) is 12.4 Å². The molecule has 1 aromatic heterocycles. The number of aromatic nitrogens is 2. The van der Waals surface area contributed by atoms with Crippen molar-refractivity contribution in [3.8, 4) is 11.5 Å². The maximum Gasteiger partial charge on any atom is 0.326 e. The van der Waals surface area contributed by atoms with Gasteiger partial charge in [0.25, 0.3) is 0 Å². The SMILES string of the molecule is COc1ccc(CNC(=O)Cn2c(=O)[nH]c3cc(F)ccc32)cc1OC. The number of carbonyl (C=O) groups excluding carboxylic acids is 1. The van der Waals surface area contributed by atoms with Gasteiger partial charge in [0.15, 0.2) is 11.5 Å². The molecule has 7 nitrogen and oxygen atoms in total. The molecular formula is C18H18FN3O4. The van der Waals surface area contributed by atoms with E-state index in [1.165, 1.54) is 29.9 Å². The minimum Gasteiger partial charge on any atom is -0.493 e. The van der Waals surface area contributed by atoms with Crippen molar-refractivity contribution < 1.29 is 18.7 Å².